The zero-order valence-electron chi connectivity index (χ0n) is 7.64. The molecule has 76 valence electrons. The Kier molecular flexibility index (Phi) is 1.87. The lowest BCUT2D eigenvalue weighted by molar-refractivity contribution is -0.171. The summed E-state index contributed by atoms with van der Waals surface area (Å²) in [7, 11) is 0. The molecule has 2 aliphatic rings. The van der Waals surface area contributed by atoms with E-state index in [4.69, 9.17) is 10.2 Å². The van der Waals surface area contributed by atoms with E-state index in [0.29, 0.717) is 18.8 Å². The van der Waals surface area contributed by atoms with E-state index < -0.39 is 17.4 Å². The molecule has 0 radical (unpaired) electrons. The first-order valence-corrected chi connectivity index (χ1v) is 4.68. The highest BCUT2D eigenvalue weighted by Gasteiger charge is 2.59. The van der Waals surface area contributed by atoms with Crippen LogP contribution < -0.4 is 0 Å². The van der Waals surface area contributed by atoms with E-state index in [1.807, 2.05) is 12.2 Å². The van der Waals surface area contributed by atoms with Gasteiger partial charge in [-0.1, -0.05) is 12.2 Å². The fourth-order valence-corrected chi connectivity index (χ4v) is 2.76. The molecule has 0 aromatic heterocycles. The molecule has 0 spiro atoms. The predicted molar refractivity (Wildman–Crippen MR) is 47.7 cm³/mol. The zero-order chi connectivity index (χ0) is 10.3. The second-order valence-electron chi connectivity index (χ2n) is 4.17. The molecule has 2 rings (SSSR count). The van der Waals surface area contributed by atoms with Crippen molar-refractivity contribution >= 4 is 11.9 Å². The Balaban J connectivity index is 2.18. The first kappa shape index (κ1) is 9.24. The molecule has 1 fully saturated rings. The molecule has 4 heteroatoms. The number of hydrogen-bond acceptors (Lipinski definition) is 2. The molecule has 0 aromatic carbocycles. The number of rotatable bonds is 3. The summed E-state index contributed by atoms with van der Waals surface area (Å²) < 4.78 is 0. The Bertz CT molecular complexity index is 320. The summed E-state index contributed by atoms with van der Waals surface area (Å²) in [6.07, 6.45) is 4.92. The summed E-state index contributed by atoms with van der Waals surface area (Å²) in [5, 5.41) is 17.8. The normalized spacial score (nSPS) is 38.9. The largest absolute Gasteiger partial charge is 0.481 e. The van der Waals surface area contributed by atoms with Gasteiger partial charge in [0.2, 0.25) is 0 Å². The maximum absolute atomic E-state index is 11.1. The summed E-state index contributed by atoms with van der Waals surface area (Å²) in [5.74, 6) is -1.66. The number of hydrogen-bond donors (Lipinski definition) is 2. The van der Waals surface area contributed by atoms with Crippen LogP contribution in [0.4, 0.5) is 0 Å². The molecular weight excluding hydrogens is 184 g/mol. The van der Waals surface area contributed by atoms with Crippen molar-refractivity contribution in [3.8, 4) is 0 Å². The summed E-state index contributed by atoms with van der Waals surface area (Å²) in [6.45, 7) is 0. The zero-order valence-corrected chi connectivity index (χ0v) is 7.64. The van der Waals surface area contributed by atoms with Crippen LogP contribution in [0.2, 0.25) is 0 Å². The molecule has 0 bridgehead atoms. The van der Waals surface area contributed by atoms with Gasteiger partial charge in [-0.25, -0.2) is 0 Å². The lowest BCUT2D eigenvalue weighted by atomic mass is 9.53. The van der Waals surface area contributed by atoms with Crippen molar-refractivity contribution in [2.75, 3.05) is 0 Å². The molecule has 2 N–H and O–H groups in total. The van der Waals surface area contributed by atoms with Crippen LogP contribution >= 0.6 is 0 Å². The van der Waals surface area contributed by atoms with Crippen LogP contribution in [0.3, 0.4) is 0 Å². The van der Waals surface area contributed by atoms with Gasteiger partial charge in [0.1, 0.15) is 0 Å². The van der Waals surface area contributed by atoms with E-state index in [9.17, 15) is 9.59 Å². The molecule has 0 aromatic rings. The minimum atomic E-state index is -1.02. The maximum atomic E-state index is 11.1. The van der Waals surface area contributed by atoms with Gasteiger partial charge in [-0.15, -0.1) is 0 Å². The Morgan fingerprint density at radius 2 is 2.14 bits per heavy atom. The van der Waals surface area contributed by atoms with Crippen molar-refractivity contribution in [2.45, 2.75) is 19.3 Å². The van der Waals surface area contributed by atoms with Gasteiger partial charge in [0.05, 0.1) is 11.8 Å². The maximum Gasteiger partial charge on any atom is 0.310 e. The molecular formula is C10H12O4. The van der Waals surface area contributed by atoms with Crippen LogP contribution in [0, 0.1) is 17.3 Å². The summed E-state index contributed by atoms with van der Waals surface area (Å²) >= 11 is 0. The third-order valence-electron chi connectivity index (χ3n) is 3.49. The van der Waals surface area contributed by atoms with Crippen molar-refractivity contribution in [3.05, 3.63) is 12.2 Å². The van der Waals surface area contributed by atoms with Gasteiger partial charge in [-0.3, -0.25) is 9.59 Å². The quantitative estimate of drug-likeness (QED) is 0.663. The fourth-order valence-electron chi connectivity index (χ4n) is 2.76. The van der Waals surface area contributed by atoms with E-state index in [0.717, 1.165) is 0 Å². The van der Waals surface area contributed by atoms with Gasteiger partial charge < -0.3 is 10.2 Å². The van der Waals surface area contributed by atoms with Crippen molar-refractivity contribution in [3.63, 3.8) is 0 Å². The highest BCUT2D eigenvalue weighted by atomic mass is 16.4. The Hall–Kier alpha value is -1.32. The molecule has 1 saturated carbocycles. The topological polar surface area (TPSA) is 74.6 Å². The SMILES string of the molecule is O=C(O)C[C@]1(C(=O)O)C[C@@H]2C=CC[C@@H]21. The van der Waals surface area contributed by atoms with Gasteiger partial charge in [0.15, 0.2) is 0 Å². The molecule has 4 nitrogen and oxygen atoms in total. The molecule has 3 atom stereocenters. The first-order chi connectivity index (χ1) is 6.56. The molecule has 0 unspecified atom stereocenters. The minimum Gasteiger partial charge on any atom is -0.481 e. The Labute approximate surface area is 81.2 Å². The van der Waals surface area contributed by atoms with Crippen molar-refractivity contribution in [1.82, 2.24) is 0 Å². The van der Waals surface area contributed by atoms with Crippen molar-refractivity contribution in [2.24, 2.45) is 17.3 Å². The number of carbonyl (C=O) groups is 2. The van der Waals surface area contributed by atoms with Gasteiger partial charge in [0, 0.05) is 0 Å². The Morgan fingerprint density at radius 3 is 2.64 bits per heavy atom. The smallest absolute Gasteiger partial charge is 0.310 e. The number of fused-ring (bicyclic) bond motifs is 1. The second-order valence-corrected chi connectivity index (χ2v) is 4.17. The van der Waals surface area contributed by atoms with E-state index in [1.165, 1.54) is 0 Å². The predicted octanol–water partition coefficient (Wildman–Crippen LogP) is 1.13. The van der Waals surface area contributed by atoms with E-state index in [2.05, 4.69) is 0 Å². The fraction of sp³-hybridized carbons (Fsp3) is 0.600. The number of carboxylic acids is 2. The highest BCUT2D eigenvalue weighted by Crippen LogP contribution is 2.58. The minimum absolute atomic E-state index is 0.0103. The average Bonchev–Trinajstić information content (AvgIpc) is 2.42. The van der Waals surface area contributed by atoms with Gasteiger partial charge in [-0.2, -0.15) is 0 Å². The molecule has 0 saturated heterocycles. The van der Waals surface area contributed by atoms with E-state index in [1.54, 1.807) is 0 Å². The van der Waals surface area contributed by atoms with Crippen LogP contribution in [-0.2, 0) is 9.59 Å². The van der Waals surface area contributed by atoms with Gasteiger partial charge in [0.25, 0.3) is 0 Å². The van der Waals surface area contributed by atoms with Crippen LogP contribution in [0.25, 0.3) is 0 Å². The summed E-state index contributed by atoms with van der Waals surface area (Å²) in [5.41, 5.74) is -1.00. The lowest BCUT2D eigenvalue weighted by Crippen LogP contribution is -2.52. The van der Waals surface area contributed by atoms with Crippen molar-refractivity contribution < 1.29 is 19.8 Å². The van der Waals surface area contributed by atoms with E-state index in [-0.39, 0.29) is 12.3 Å². The molecule has 2 aliphatic carbocycles. The number of aliphatic carboxylic acids is 2. The van der Waals surface area contributed by atoms with Crippen molar-refractivity contribution in [1.29, 1.82) is 0 Å². The molecule has 14 heavy (non-hydrogen) atoms. The first-order valence-electron chi connectivity index (χ1n) is 4.68. The third-order valence-corrected chi connectivity index (χ3v) is 3.49. The third kappa shape index (κ3) is 1.06. The molecule has 0 amide bonds. The van der Waals surface area contributed by atoms with Crippen LogP contribution in [0.5, 0.6) is 0 Å². The summed E-state index contributed by atoms with van der Waals surface area (Å²) in [4.78, 5) is 21.7. The average molecular weight is 196 g/mol. The highest BCUT2D eigenvalue weighted by molar-refractivity contribution is 5.83. The monoisotopic (exact) mass is 196 g/mol. The number of carboxylic acid groups (broad SMARTS) is 2. The van der Waals surface area contributed by atoms with Gasteiger partial charge >= 0.3 is 11.9 Å². The standard InChI is InChI=1S/C10H12O4/c11-8(12)5-10(9(13)14)4-6-2-1-3-7(6)10/h1-2,6-7H,3-5H2,(H,11,12)(H,13,14)/t6-,7-,10+/m0/s1. The van der Waals surface area contributed by atoms with Crippen LogP contribution in [0.1, 0.15) is 19.3 Å². The number of allylic oxidation sites excluding steroid dienone is 2. The van der Waals surface area contributed by atoms with E-state index >= 15 is 0 Å². The Morgan fingerprint density at radius 1 is 1.43 bits per heavy atom. The summed E-state index contributed by atoms with van der Waals surface area (Å²) in [6, 6.07) is 0. The second kappa shape index (κ2) is 2.83. The van der Waals surface area contributed by atoms with Crippen LogP contribution in [-0.4, -0.2) is 22.2 Å². The van der Waals surface area contributed by atoms with Crippen LogP contribution in [0.15, 0.2) is 12.2 Å². The molecule has 0 aliphatic heterocycles. The van der Waals surface area contributed by atoms with Gasteiger partial charge in [-0.05, 0) is 24.7 Å². The lowest BCUT2D eigenvalue weighted by Gasteiger charge is -2.48. The molecule has 0 heterocycles.